The Bertz CT molecular complexity index is 655. The van der Waals surface area contributed by atoms with Gasteiger partial charge in [-0.1, -0.05) is 27.7 Å². The van der Waals surface area contributed by atoms with Crippen LogP contribution in [0.4, 0.5) is 11.4 Å². The van der Waals surface area contributed by atoms with E-state index in [1.54, 1.807) is 7.11 Å². The second-order valence-corrected chi connectivity index (χ2v) is 6.82. The summed E-state index contributed by atoms with van der Waals surface area (Å²) in [6.07, 6.45) is 1.08. The van der Waals surface area contributed by atoms with Gasteiger partial charge in [-0.05, 0) is 6.42 Å². The summed E-state index contributed by atoms with van der Waals surface area (Å²) in [4.78, 5) is 35.0. The summed E-state index contributed by atoms with van der Waals surface area (Å²) >= 11 is 0. The van der Waals surface area contributed by atoms with E-state index in [1.807, 2.05) is 27.7 Å². The van der Waals surface area contributed by atoms with Crippen LogP contribution in [0, 0.1) is 5.92 Å². The van der Waals surface area contributed by atoms with Crippen LogP contribution in [0.2, 0.25) is 0 Å². The summed E-state index contributed by atoms with van der Waals surface area (Å²) in [7, 11) is 1.62. The van der Waals surface area contributed by atoms with Gasteiger partial charge < -0.3 is 29.6 Å². The van der Waals surface area contributed by atoms with Crippen molar-refractivity contribution < 1.29 is 23.7 Å². The first kappa shape index (κ1) is 29.2. The van der Waals surface area contributed by atoms with Gasteiger partial charge in [-0.15, -0.1) is 0 Å². The number of ketones is 1. The van der Waals surface area contributed by atoms with Gasteiger partial charge in [0.1, 0.15) is 17.2 Å². The summed E-state index contributed by atoms with van der Waals surface area (Å²) < 4.78 is 20.9. The van der Waals surface area contributed by atoms with Crippen molar-refractivity contribution in [2.45, 2.75) is 40.5 Å². The van der Waals surface area contributed by atoms with Gasteiger partial charge in [0.15, 0.2) is 0 Å². The van der Waals surface area contributed by atoms with Crippen LogP contribution in [-0.2, 0) is 23.7 Å². The van der Waals surface area contributed by atoms with Crippen LogP contribution in [0.25, 0.3) is 0 Å². The molecule has 9 heteroatoms. The Kier molecular flexibility index (Phi) is 17.8. The van der Waals surface area contributed by atoms with Crippen LogP contribution in [0.5, 0.6) is 0 Å². The minimum atomic E-state index is -0.525. The fraction of sp³-hybridized carbons (Fsp3) is 0.773. The SMILES string of the molecule is CC.COCCOCCOCCOCCNc1c(NCCCC(=O)C(C)C)c(=O)c1=O. The minimum absolute atomic E-state index is 0.0120. The molecule has 0 aromatic heterocycles. The van der Waals surface area contributed by atoms with Crippen LogP contribution >= 0.6 is 0 Å². The summed E-state index contributed by atoms with van der Waals surface area (Å²) in [6, 6.07) is 0. The van der Waals surface area contributed by atoms with Gasteiger partial charge in [0, 0.05) is 32.5 Å². The van der Waals surface area contributed by atoms with E-state index >= 15 is 0 Å². The van der Waals surface area contributed by atoms with Crippen LogP contribution in [0.3, 0.4) is 0 Å². The van der Waals surface area contributed by atoms with Gasteiger partial charge in [0.05, 0.1) is 46.2 Å². The highest BCUT2D eigenvalue weighted by Crippen LogP contribution is 2.14. The predicted octanol–water partition coefficient (Wildman–Crippen LogP) is 1.83. The molecule has 1 aromatic carbocycles. The molecule has 0 radical (unpaired) electrons. The number of carbonyl (C=O) groups excluding carboxylic acids is 1. The summed E-state index contributed by atoms with van der Waals surface area (Å²) in [5.41, 5.74) is -0.464. The Morgan fingerprint density at radius 2 is 1.23 bits per heavy atom. The lowest BCUT2D eigenvalue weighted by atomic mass is 10.0. The standard InChI is InChI=1S/C20H34N2O7.C2H6/c1-15(2)16(23)5-4-6-21-17-18(20(25)19(17)24)22-7-8-27-11-12-29-14-13-28-10-9-26-3;1-2/h15,21-22H,4-14H2,1-3H3;1-2H3. The van der Waals surface area contributed by atoms with Crippen LogP contribution in [0.15, 0.2) is 9.59 Å². The van der Waals surface area contributed by atoms with E-state index in [0.29, 0.717) is 83.6 Å². The van der Waals surface area contributed by atoms with E-state index in [0.717, 1.165) is 0 Å². The molecule has 0 saturated carbocycles. The fourth-order valence-electron chi connectivity index (χ4n) is 2.43. The topological polar surface area (TPSA) is 112 Å². The van der Waals surface area contributed by atoms with Gasteiger partial charge in [0.25, 0.3) is 10.9 Å². The Morgan fingerprint density at radius 1 is 0.774 bits per heavy atom. The van der Waals surface area contributed by atoms with Crippen molar-refractivity contribution in [3.8, 4) is 0 Å². The van der Waals surface area contributed by atoms with Gasteiger partial charge in [-0.3, -0.25) is 14.4 Å². The van der Waals surface area contributed by atoms with Gasteiger partial charge >= 0.3 is 0 Å². The van der Waals surface area contributed by atoms with Crippen LogP contribution in [0.1, 0.15) is 40.5 Å². The lowest BCUT2D eigenvalue weighted by Crippen LogP contribution is -2.38. The van der Waals surface area contributed by atoms with E-state index in [-0.39, 0.29) is 11.7 Å². The van der Waals surface area contributed by atoms with Crippen molar-refractivity contribution >= 4 is 17.2 Å². The molecule has 1 rings (SSSR count). The molecule has 1 aromatic rings. The monoisotopic (exact) mass is 444 g/mol. The number of hydrogen-bond donors (Lipinski definition) is 2. The molecule has 0 spiro atoms. The number of ether oxygens (including phenoxy) is 4. The van der Waals surface area contributed by atoms with Crippen molar-refractivity contribution in [1.29, 1.82) is 0 Å². The van der Waals surface area contributed by atoms with Crippen molar-refractivity contribution in [3.63, 3.8) is 0 Å². The maximum Gasteiger partial charge on any atom is 0.253 e. The Hall–Kier alpha value is -1.81. The van der Waals surface area contributed by atoms with Crippen molar-refractivity contribution in [2.75, 3.05) is 77.1 Å². The van der Waals surface area contributed by atoms with E-state index < -0.39 is 10.9 Å². The molecule has 2 N–H and O–H groups in total. The predicted molar refractivity (Wildman–Crippen MR) is 123 cm³/mol. The molecule has 0 unspecified atom stereocenters. The zero-order chi connectivity index (χ0) is 23.5. The lowest BCUT2D eigenvalue weighted by Gasteiger charge is -2.15. The molecular weight excluding hydrogens is 404 g/mol. The highest BCUT2D eigenvalue weighted by molar-refractivity contribution is 5.80. The summed E-state index contributed by atoms with van der Waals surface area (Å²) in [5.74, 6) is 0.202. The van der Waals surface area contributed by atoms with Gasteiger partial charge in [-0.2, -0.15) is 0 Å². The maximum atomic E-state index is 11.7. The minimum Gasteiger partial charge on any atom is -0.382 e. The van der Waals surface area contributed by atoms with E-state index in [4.69, 9.17) is 18.9 Å². The quantitative estimate of drug-likeness (QED) is 0.244. The molecule has 0 aliphatic rings. The molecule has 0 saturated heterocycles. The number of Topliss-reactive ketones (excluding diaryl/α,β-unsaturated/α-hetero) is 1. The number of nitrogens with one attached hydrogen (secondary N) is 2. The molecular formula is C22H40N2O7. The molecule has 31 heavy (non-hydrogen) atoms. The second kappa shape index (κ2) is 18.9. The normalized spacial score (nSPS) is 10.8. The smallest absolute Gasteiger partial charge is 0.253 e. The van der Waals surface area contributed by atoms with Gasteiger partial charge in [0.2, 0.25) is 0 Å². The van der Waals surface area contributed by atoms with Gasteiger partial charge in [-0.25, -0.2) is 0 Å². The molecule has 180 valence electrons. The lowest BCUT2D eigenvalue weighted by molar-refractivity contribution is -0.121. The first-order chi connectivity index (χ1) is 15.0. The fourth-order valence-corrected chi connectivity index (χ4v) is 2.43. The summed E-state index contributed by atoms with van der Waals surface area (Å²) in [6.45, 7) is 12.0. The maximum absolute atomic E-state index is 11.7. The average molecular weight is 445 g/mol. The second-order valence-electron chi connectivity index (χ2n) is 6.82. The number of hydrogen-bond acceptors (Lipinski definition) is 9. The highest BCUT2D eigenvalue weighted by atomic mass is 16.6. The van der Waals surface area contributed by atoms with Crippen LogP contribution < -0.4 is 21.5 Å². The number of anilines is 2. The summed E-state index contributed by atoms with van der Waals surface area (Å²) in [5, 5.41) is 5.88. The molecule has 0 fully saturated rings. The number of rotatable bonds is 19. The zero-order valence-corrected chi connectivity index (χ0v) is 19.7. The van der Waals surface area contributed by atoms with Crippen molar-refractivity contribution in [1.82, 2.24) is 0 Å². The third-order valence-electron chi connectivity index (χ3n) is 4.18. The third kappa shape index (κ3) is 12.6. The van der Waals surface area contributed by atoms with E-state index in [9.17, 15) is 14.4 Å². The van der Waals surface area contributed by atoms with E-state index in [2.05, 4.69) is 10.6 Å². The molecule has 0 heterocycles. The molecule has 0 bridgehead atoms. The largest absolute Gasteiger partial charge is 0.382 e. The Labute approximate surface area is 185 Å². The Balaban J connectivity index is 0.00000436. The first-order valence-corrected chi connectivity index (χ1v) is 11.0. The van der Waals surface area contributed by atoms with Crippen LogP contribution in [-0.4, -0.2) is 72.2 Å². The number of methoxy groups -OCH3 is 1. The molecule has 0 aliphatic carbocycles. The number of carbonyl (C=O) groups is 1. The first-order valence-electron chi connectivity index (χ1n) is 11.0. The third-order valence-corrected chi connectivity index (χ3v) is 4.18. The Morgan fingerprint density at radius 3 is 1.71 bits per heavy atom. The van der Waals surface area contributed by atoms with Crippen molar-refractivity contribution in [2.24, 2.45) is 5.92 Å². The average Bonchev–Trinajstić information content (AvgIpc) is 2.78. The highest BCUT2D eigenvalue weighted by Gasteiger charge is 2.20. The zero-order valence-electron chi connectivity index (χ0n) is 19.7. The molecule has 0 atom stereocenters. The molecule has 9 nitrogen and oxygen atoms in total. The molecule has 0 aliphatic heterocycles. The molecule has 0 amide bonds. The van der Waals surface area contributed by atoms with E-state index in [1.165, 1.54) is 0 Å². The van der Waals surface area contributed by atoms with Crippen molar-refractivity contribution in [3.05, 3.63) is 20.4 Å².